The van der Waals surface area contributed by atoms with Crippen molar-refractivity contribution in [2.45, 2.75) is 33.7 Å². The molecule has 2 heterocycles. The first-order valence-corrected chi connectivity index (χ1v) is 8.08. The van der Waals surface area contributed by atoms with Gasteiger partial charge in [-0.1, -0.05) is 20.8 Å². The minimum atomic E-state index is -0.682. The highest BCUT2D eigenvalue weighted by atomic mass is 16.2. The Hall–Kier alpha value is -2.38. The molecule has 0 radical (unpaired) electrons. The van der Waals surface area contributed by atoms with Crippen molar-refractivity contribution in [3.63, 3.8) is 0 Å². The van der Waals surface area contributed by atoms with Crippen LogP contribution in [0.4, 0.5) is 10.6 Å². The first kappa shape index (κ1) is 18.0. The monoisotopic (exact) mass is 334 g/mol. The number of aromatic nitrogens is 2. The molecule has 1 fully saturated rings. The molecule has 3 amide bonds. The standard InChI is InChI=1S/C16H26N6O2/c1-11-18-6-5-12(19-11)21-7-9-22(10-8-21)14(23)13(16(2,3)4)20-15(17)24/h5-6,13H,7-10H2,1-4H3,(H3,17,20,24)/t13-/m1/s1. The third-order valence-electron chi connectivity index (χ3n) is 4.08. The van der Waals surface area contributed by atoms with E-state index in [4.69, 9.17) is 5.73 Å². The van der Waals surface area contributed by atoms with Crippen LogP contribution in [0.5, 0.6) is 0 Å². The normalized spacial score (nSPS) is 16.7. The van der Waals surface area contributed by atoms with Gasteiger partial charge < -0.3 is 20.9 Å². The number of piperazine rings is 1. The second-order valence-electron chi connectivity index (χ2n) is 7.08. The van der Waals surface area contributed by atoms with Crippen LogP contribution in [0.3, 0.4) is 0 Å². The number of primary amides is 1. The van der Waals surface area contributed by atoms with Gasteiger partial charge in [0, 0.05) is 32.4 Å². The number of hydrogen-bond donors (Lipinski definition) is 2. The van der Waals surface area contributed by atoms with Crippen LogP contribution >= 0.6 is 0 Å². The van der Waals surface area contributed by atoms with Gasteiger partial charge in [-0.25, -0.2) is 14.8 Å². The Morgan fingerprint density at radius 2 is 1.88 bits per heavy atom. The minimum absolute atomic E-state index is 0.0974. The lowest BCUT2D eigenvalue weighted by Gasteiger charge is -2.39. The van der Waals surface area contributed by atoms with Gasteiger partial charge in [-0.05, 0) is 18.4 Å². The molecule has 1 saturated heterocycles. The van der Waals surface area contributed by atoms with Crippen molar-refractivity contribution in [2.75, 3.05) is 31.1 Å². The number of carbonyl (C=O) groups is 2. The van der Waals surface area contributed by atoms with Gasteiger partial charge in [-0.15, -0.1) is 0 Å². The van der Waals surface area contributed by atoms with E-state index in [1.807, 2.05) is 33.8 Å². The highest BCUT2D eigenvalue weighted by Crippen LogP contribution is 2.22. The quantitative estimate of drug-likeness (QED) is 0.838. The van der Waals surface area contributed by atoms with Gasteiger partial charge in [0.05, 0.1) is 0 Å². The number of amides is 3. The maximum Gasteiger partial charge on any atom is 0.312 e. The number of urea groups is 1. The molecule has 3 N–H and O–H groups in total. The van der Waals surface area contributed by atoms with E-state index in [-0.39, 0.29) is 5.91 Å². The zero-order valence-corrected chi connectivity index (χ0v) is 14.7. The molecule has 8 heteroatoms. The summed E-state index contributed by atoms with van der Waals surface area (Å²) in [5, 5.41) is 2.58. The fraction of sp³-hybridized carbons (Fsp3) is 0.625. The SMILES string of the molecule is Cc1nccc(N2CCN(C(=O)[C@@H](NC(N)=O)C(C)(C)C)CC2)n1. The van der Waals surface area contributed by atoms with E-state index in [0.29, 0.717) is 26.2 Å². The molecule has 0 saturated carbocycles. The number of nitrogens with one attached hydrogen (secondary N) is 1. The summed E-state index contributed by atoms with van der Waals surface area (Å²) in [6, 6.07) is 0.554. The van der Waals surface area contributed by atoms with Crippen LogP contribution in [0, 0.1) is 12.3 Å². The van der Waals surface area contributed by atoms with Crippen LogP contribution < -0.4 is 16.0 Å². The molecule has 0 aliphatic carbocycles. The highest BCUT2D eigenvalue weighted by Gasteiger charge is 2.36. The molecule has 0 unspecified atom stereocenters. The summed E-state index contributed by atoms with van der Waals surface area (Å²) in [6.07, 6.45) is 1.74. The van der Waals surface area contributed by atoms with Gasteiger partial charge in [0.15, 0.2) is 0 Å². The molecule has 0 bridgehead atoms. The van der Waals surface area contributed by atoms with Crippen molar-refractivity contribution < 1.29 is 9.59 Å². The summed E-state index contributed by atoms with van der Waals surface area (Å²) < 4.78 is 0. The Morgan fingerprint density at radius 1 is 1.25 bits per heavy atom. The molecule has 1 aliphatic rings. The predicted molar refractivity (Wildman–Crippen MR) is 91.5 cm³/mol. The van der Waals surface area contributed by atoms with E-state index >= 15 is 0 Å². The van der Waals surface area contributed by atoms with E-state index < -0.39 is 17.5 Å². The molecule has 132 valence electrons. The van der Waals surface area contributed by atoms with Gasteiger partial charge in [0.1, 0.15) is 17.7 Å². The third kappa shape index (κ3) is 4.33. The summed E-state index contributed by atoms with van der Waals surface area (Å²) in [4.78, 5) is 36.4. The molecule has 24 heavy (non-hydrogen) atoms. The molecule has 1 aromatic rings. The second-order valence-corrected chi connectivity index (χ2v) is 7.08. The van der Waals surface area contributed by atoms with Crippen molar-refractivity contribution in [1.29, 1.82) is 0 Å². The summed E-state index contributed by atoms with van der Waals surface area (Å²) >= 11 is 0. The number of aryl methyl sites for hydroxylation is 1. The Balaban J connectivity index is 2.02. The van der Waals surface area contributed by atoms with Gasteiger partial charge in [0.25, 0.3) is 0 Å². The topological polar surface area (TPSA) is 104 Å². The Bertz CT molecular complexity index is 605. The first-order chi connectivity index (χ1) is 11.2. The van der Waals surface area contributed by atoms with E-state index in [1.54, 1.807) is 11.1 Å². The molecule has 1 aromatic heterocycles. The second kappa shape index (κ2) is 7.02. The van der Waals surface area contributed by atoms with Gasteiger partial charge >= 0.3 is 6.03 Å². The Labute approximate surface area is 142 Å². The summed E-state index contributed by atoms with van der Waals surface area (Å²) in [5.41, 5.74) is 4.82. The largest absolute Gasteiger partial charge is 0.353 e. The van der Waals surface area contributed by atoms with Crippen LogP contribution in [-0.2, 0) is 4.79 Å². The highest BCUT2D eigenvalue weighted by molar-refractivity contribution is 5.87. The lowest BCUT2D eigenvalue weighted by molar-refractivity contribution is -0.136. The molecule has 8 nitrogen and oxygen atoms in total. The molecular formula is C16H26N6O2. The van der Waals surface area contributed by atoms with Crippen molar-refractivity contribution in [1.82, 2.24) is 20.2 Å². The molecule has 1 aliphatic heterocycles. The molecule has 2 rings (SSSR count). The lowest BCUT2D eigenvalue weighted by atomic mass is 9.85. The zero-order chi connectivity index (χ0) is 17.9. The number of rotatable bonds is 3. The van der Waals surface area contributed by atoms with Crippen LogP contribution in [0.15, 0.2) is 12.3 Å². The number of nitrogens with zero attached hydrogens (tertiary/aromatic N) is 4. The maximum absolute atomic E-state index is 12.8. The fourth-order valence-electron chi connectivity index (χ4n) is 2.75. The summed E-state index contributed by atoms with van der Waals surface area (Å²) in [6.45, 7) is 10.1. The van der Waals surface area contributed by atoms with Crippen LogP contribution in [0.1, 0.15) is 26.6 Å². The van der Waals surface area contributed by atoms with Gasteiger partial charge in [-0.2, -0.15) is 0 Å². The lowest BCUT2D eigenvalue weighted by Crippen LogP contribution is -2.59. The van der Waals surface area contributed by atoms with Crippen molar-refractivity contribution in [3.8, 4) is 0 Å². The number of hydrogen-bond acceptors (Lipinski definition) is 5. The average Bonchev–Trinajstić information content (AvgIpc) is 2.51. The smallest absolute Gasteiger partial charge is 0.312 e. The number of nitrogens with two attached hydrogens (primary N) is 1. The number of anilines is 1. The Morgan fingerprint density at radius 3 is 2.38 bits per heavy atom. The molecule has 0 spiro atoms. The van der Waals surface area contributed by atoms with E-state index in [2.05, 4.69) is 20.2 Å². The van der Waals surface area contributed by atoms with E-state index in [9.17, 15) is 9.59 Å². The Kier molecular flexibility index (Phi) is 5.26. The van der Waals surface area contributed by atoms with Crippen molar-refractivity contribution in [3.05, 3.63) is 18.1 Å². The molecule has 0 aromatic carbocycles. The minimum Gasteiger partial charge on any atom is -0.353 e. The van der Waals surface area contributed by atoms with Crippen LogP contribution in [0.25, 0.3) is 0 Å². The van der Waals surface area contributed by atoms with E-state index in [0.717, 1.165) is 11.6 Å². The third-order valence-corrected chi connectivity index (χ3v) is 4.08. The van der Waals surface area contributed by atoms with E-state index in [1.165, 1.54) is 0 Å². The fourth-order valence-corrected chi connectivity index (χ4v) is 2.75. The molecule has 1 atom stereocenters. The van der Waals surface area contributed by atoms with Crippen LogP contribution in [0.2, 0.25) is 0 Å². The van der Waals surface area contributed by atoms with Crippen molar-refractivity contribution in [2.24, 2.45) is 11.1 Å². The average molecular weight is 334 g/mol. The number of carbonyl (C=O) groups excluding carboxylic acids is 2. The zero-order valence-electron chi connectivity index (χ0n) is 14.7. The molecular weight excluding hydrogens is 308 g/mol. The van der Waals surface area contributed by atoms with Crippen molar-refractivity contribution >= 4 is 17.8 Å². The summed E-state index contributed by atoms with van der Waals surface area (Å²) in [7, 11) is 0. The van der Waals surface area contributed by atoms with Crippen LogP contribution in [-0.4, -0.2) is 59.0 Å². The first-order valence-electron chi connectivity index (χ1n) is 8.08. The van der Waals surface area contributed by atoms with Gasteiger partial charge in [-0.3, -0.25) is 4.79 Å². The predicted octanol–water partition coefficient (Wildman–Crippen LogP) is 0.517. The maximum atomic E-state index is 12.8. The summed E-state index contributed by atoms with van der Waals surface area (Å²) in [5.74, 6) is 1.50. The van der Waals surface area contributed by atoms with Gasteiger partial charge in [0.2, 0.25) is 5.91 Å².